The second kappa shape index (κ2) is 8.38. The first-order valence-corrected chi connectivity index (χ1v) is 8.95. The molecule has 1 aromatic carbocycles. The van der Waals surface area contributed by atoms with Crippen molar-refractivity contribution in [2.45, 2.75) is 33.1 Å². The van der Waals surface area contributed by atoms with Gasteiger partial charge in [-0.05, 0) is 23.6 Å². The highest BCUT2D eigenvalue weighted by Gasteiger charge is 2.25. The molecule has 0 radical (unpaired) electrons. The minimum absolute atomic E-state index is 0.126. The van der Waals surface area contributed by atoms with Crippen LogP contribution in [-0.4, -0.2) is 31.0 Å². The maximum absolute atomic E-state index is 13.8. The molecule has 2 aromatic heterocycles. The van der Waals surface area contributed by atoms with Crippen LogP contribution in [0.2, 0.25) is 0 Å². The quantitative estimate of drug-likeness (QED) is 0.461. The summed E-state index contributed by atoms with van der Waals surface area (Å²) in [5, 5.41) is 32.3. The van der Waals surface area contributed by atoms with Crippen LogP contribution in [0.5, 0.6) is 0 Å². The molecule has 0 saturated heterocycles. The Bertz CT molecular complexity index is 1140. The molecule has 0 spiro atoms. The molecule has 152 valence electrons. The van der Waals surface area contributed by atoms with Gasteiger partial charge >= 0.3 is 0 Å². The fourth-order valence-corrected chi connectivity index (χ4v) is 3.32. The lowest BCUT2D eigenvalue weighted by Crippen LogP contribution is -2.35. The zero-order valence-corrected chi connectivity index (χ0v) is 15.6. The van der Waals surface area contributed by atoms with Gasteiger partial charge in [-0.1, -0.05) is 25.1 Å². The molecule has 0 aliphatic heterocycles. The minimum Gasteiger partial charge on any atom is -0.423 e. The zero-order valence-electron chi connectivity index (χ0n) is 15.6. The number of nitrogens with one attached hydrogen (secondary N) is 1. The van der Waals surface area contributed by atoms with Gasteiger partial charge in [0.1, 0.15) is 11.4 Å². The molecular weight excluding hydrogens is 381 g/mol. The average molecular weight is 401 g/mol. The van der Waals surface area contributed by atoms with Crippen LogP contribution in [0.1, 0.15) is 39.5 Å². The summed E-state index contributed by atoms with van der Waals surface area (Å²) in [6.45, 7) is 0.646. The maximum Gasteiger partial charge on any atom is 0.298 e. The van der Waals surface area contributed by atoms with E-state index in [0.29, 0.717) is 5.56 Å². The lowest BCUT2D eigenvalue weighted by Gasteiger charge is -2.17. The molecule has 4 N–H and O–H groups in total. The summed E-state index contributed by atoms with van der Waals surface area (Å²) in [6, 6.07) is 5.90. The third-order valence-electron chi connectivity index (χ3n) is 4.77. The third-order valence-corrected chi connectivity index (χ3v) is 4.77. The number of hydrogen-bond donors (Lipinski definition) is 4. The summed E-state index contributed by atoms with van der Waals surface area (Å²) in [5.74, 6) is -1.29. The first kappa shape index (κ1) is 20.4. The van der Waals surface area contributed by atoms with Crippen LogP contribution in [0.15, 0.2) is 35.3 Å². The van der Waals surface area contributed by atoms with E-state index in [1.807, 2.05) is 0 Å². The Balaban J connectivity index is 2.16. The molecule has 0 saturated carbocycles. The monoisotopic (exact) mass is 401 g/mol. The molecule has 0 atom stereocenters. The number of halogens is 1. The topological polar surface area (TPSA) is 125 Å². The molecule has 8 nitrogen and oxygen atoms in total. The van der Waals surface area contributed by atoms with Gasteiger partial charge in [0.15, 0.2) is 5.65 Å². The van der Waals surface area contributed by atoms with Gasteiger partial charge in [-0.25, -0.2) is 9.37 Å². The number of amides is 1. The Morgan fingerprint density at radius 2 is 1.90 bits per heavy atom. The molecule has 3 aromatic rings. The highest BCUT2D eigenvalue weighted by Crippen LogP contribution is 2.26. The van der Waals surface area contributed by atoms with E-state index < -0.39 is 30.5 Å². The van der Waals surface area contributed by atoms with E-state index in [4.69, 9.17) is 0 Å². The number of fused-ring (bicyclic) bond motifs is 1. The fourth-order valence-electron chi connectivity index (χ4n) is 3.32. The average Bonchev–Trinajstić information content (AvgIpc) is 2.74. The molecule has 0 bridgehead atoms. The Morgan fingerprint density at radius 1 is 1.17 bits per heavy atom. The van der Waals surface area contributed by atoms with E-state index in [1.165, 1.54) is 24.4 Å². The molecule has 2 heterocycles. The van der Waals surface area contributed by atoms with Crippen LogP contribution in [0, 0.1) is 5.82 Å². The van der Waals surface area contributed by atoms with Gasteiger partial charge in [0.05, 0.1) is 13.2 Å². The van der Waals surface area contributed by atoms with E-state index in [0.717, 1.165) is 0 Å². The number of aliphatic hydroxyl groups excluding tert-OH is 2. The molecule has 0 aliphatic rings. The van der Waals surface area contributed by atoms with Crippen LogP contribution in [-0.2, 0) is 26.2 Å². The number of hydrogen-bond acceptors (Lipinski definition) is 6. The van der Waals surface area contributed by atoms with Crippen molar-refractivity contribution in [2.75, 3.05) is 0 Å². The van der Waals surface area contributed by atoms with E-state index in [9.17, 15) is 29.4 Å². The van der Waals surface area contributed by atoms with Crippen molar-refractivity contribution in [3.05, 3.63) is 74.5 Å². The van der Waals surface area contributed by atoms with Gasteiger partial charge in [-0.3, -0.25) is 9.59 Å². The predicted octanol–water partition coefficient (Wildman–Crippen LogP) is 1.25. The number of benzene rings is 1. The second-order valence-electron chi connectivity index (χ2n) is 6.37. The van der Waals surface area contributed by atoms with E-state index in [1.54, 1.807) is 13.0 Å². The Hall–Kier alpha value is -3.30. The summed E-state index contributed by atoms with van der Waals surface area (Å²) in [7, 11) is 0. The summed E-state index contributed by atoms with van der Waals surface area (Å²) in [6.07, 6.45) is 1.47. The van der Waals surface area contributed by atoms with Gasteiger partial charge in [0.2, 0.25) is 0 Å². The first-order valence-electron chi connectivity index (χ1n) is 8.95. The smallest absolute Gasteiger partial charge is 0.298 e. The number of pyridine rings is 2. The number of carbonyl (C=O) groups is 1. The van der Waals surface area contributed by atoms with Crippen molar-refractivity contribution < 1.29 is 24.6 Å². The van der Waals surface area contributed by atoms with Gasteiger partial charge in [-0.15, -0.1) is 4.73 Å². The maximum atomic E-state index is 13.8. The van der Waals surface area contributed by atoms with Gasteiger partial charge in [0, 0.05) is 29.3 Å². The summed E-state index contributed by atoms with van der Waals surface area (Å²) < 4.78 is 14.0. The molecule has 9 heteroatoms. The van der Waals surface area contributed by atoms with Crippen LogP contribution >= 0.6 is 0 Å². The van der Waals surface area contributed by atoms with Gasteiger partial charge in [0.25, 0.3) is 11.5 Å². The van der Waals surface area contributed by atoms with Crippen molar-refractivity contribution >= 4 is 16.9 Å². The standard InChI is InChI=1S/C20H20FN3O5/c1-2-13-16-14(10-26)12(9-25)8-22-18(16)24(29)20(28)17(13)19(27)23-7-11-5-3-4-6-15(11)21/h3-6,8,25-26,29H,2,7,9-10H2,1H3,(H,23,27). The molecule has 0 fully saturated rings. The number of rotatable bonds is 6. The molecule has 0 unspecified atom stereocenters. The van der Waals surface area contributed by atoms with Crippen molar-refractivity contribution in [2.24, 2.45) is 0 Å². The fraction of sp³-hybridized carbons (Fsp3) is 0.250. The SMILES string of the molecule is CCc1c(C(=O)NCc2ccccc2F)c(=O)n(O)c2ncc(CO)c(CO)c12. The Kier molecular flexibility index (Phi) is 5.90. The summed E-state index contributed by atoms with van der Waals surface area (Å²) in [5.41, 5.74) is -0.346. The predicted molar refractivity (Wildman–Crippen MR) is 102 cm³/mol. The first-order chi connectivity index (χ1) is 13.9. The molecule has 29 heavy (non-hydrogen) atoms. The Labute approximate surface area is 164 Å². The molecule has 1 amide bonds. The largest absolute Gasteiger partial charge is 0.423 e. The van der Waals surface area contributed by atoms with Crippen LogP contribution in [0.3, 0.4) is 0 Å². The number of nitrogens with zero attached hydrogens (tertiary/aromatic N) is 2. The number of aliphatic hydroxyl groups is 2. The van der Waals surface area contributed by atoms with E-state index in [2.05, 4.69) is 10.3 Å². The normalized spacial score (nSPS) is 11.0. The van der Waals surface area contributed by atoms with Gasteiger partial charge in [-0.2, -0.15) is 0 Å². The summed E-state index contributed by atoms with van der Waals surface area (Å²) >= 11 is 0. The van der Waals surface area contributed by atoms with Crippen molar-refractivity contribution in [3.63, 3.8) is 0 Å². The van der Waals surface area contributed by atoms with Gasteiger partial charge < -0.3 is 20.7 Å². The van der Waals surface area contributed by atoms with Crippen LogP contribution in [0.4, 0.5) is 4.39 Å². The van der Waals surface area contributed by atoms with E-state index in [-0.39, 0.29) is 51.0 Å². The highest BCUT2D eigenvalue weighted by molar-refractivity contribution is 6.00. The lowest BCUT2D eigenvalue weighted by molar-refractivity contribution is 0.0942. The highest BCUT2D eigenvalue weighted by atomic mass is 19.1. The van der Waals surface area contributed by atoms with Crippen molar-refractivity contribution in [1.82, 2.24) is 15.0 Å². The summed E-state index contributed by atoms with van der Waals surface area (Å²) in [4.78, 5) is 29.4. The second-order valence-corrected chi connectivity index (χ2v) is 6.37. The Morgan fingerprint density at radius 3 is 2.52 bits per heavy atom. The number of aromatic nitrogens is 2. The molecule has 0 aliphatic carbocycles. The van der Waals surface area contributed by atoms with Crippen LogP contribution in [0.25, 0.3) is 11.0 Å². The van der Waals surface area contributed by atoms with Crippen molar-refractivity contribution in [3.8, 4) is 0 Å². The lowest BCUT2D eigenvalue weighted by atomic mass is 9.96. The molecular formula is C20H20FN3O5. The van der Waals surface area contributed by atoms with E-state index >= 15 is 0 Å². The number of carbonyl (C=O) groups excluding carboxylic acids is 1. The number of aryl methyl sites for hydroxylation is 1. The van der Waals surface area contributed by atoms with Crippen LogP contribution < -0.4 is 10.9 Å². The zero-order chi connectivity index (χ0) is 21.1. The minimum atomic E-state index is -0.978. The molecule has 3 rings (SSSR count). The van der Waals surface area contributed by atoms with Crippen molar-refractivity contribution in [1.29, 1.82) is 0 Å². The third kappa shape index (κ3) is 3.57.